The van der Waals surface area contributed by atoms with Crippen molar-refractivity contribution in [2.24, 2.45) is 0 Å². The second-order valence-corrected chi connectivity index (χ2v) is 2.45. The summed E-state index contributed by atoms with van der Waals surface area (Å²) >= 11 is 0. The van der Waals surface area contributed by atoms with Gasteiger partial charge in [0.1, 0.15) is 32.8 Å². The molecule has 0 N–H and O–H groups in total. The normalized spacial score (nSPS) is 21.3. The van der Waals surface area contributed by atoms with Crippen LogP contribution in [0.3, 0.4) is 0 Å². The molecule has 10 heavy (non-hydrogen) atoms. The Morgan fingerprint density at radius 1 is 1.40 bits per heavy atom. The topological polar surface area (TPSA) is 24.4 Å². The molecular weight excluding hydrogens is 130 g/mol. The Labute approximate surface area is 61.9 Å². The summed E-state index contributed by atoms with van der Waals surface area (Å²) in [5.41, 5.74) is 0. The van der Waals surface area contributed by atoms with Gasteiger partial charge in [-0.25, -0.2) is 0 Å². The molecule has 0 bridgehead atoms. The van der Waals surface area contributed by atoms with Crippen molar-refractivity contribution in [2.45, 2.75) is 0 Å². The van der Waals surface area contributed by atoms with Gasteiger partial charge in [0.2, 0.25) is 0 Å². The maximum absolute atomic E-state index is 5.20. The zero-order valence-electron chi connectivity index (χ0n) is 6.51. The fourth-order valence-electron chi connectivity index (χ4n) is 1.05. The molecule has 1 aliphatic rings. The second kappa shape index (κ2) is 4.66. The van der Waals surface area contributed by atoms with Crippen LogP contribution < -0.4 is 4.90 Å². The molecule has 1 rings (SSSR count). The van der Waals surface area contributed by atoms with Crippen molar-refractivity contribution < 1.29 is 9.47 Å². The molecule has 0 atom stereocenters. The number of ether oxygens (including phenoxy) is 2. The smallest absolute Gasteiger partial charge is 0.146 e. The molecule has 3 heteroatoms. The minimum atomic E-state index is 0.833. The molecule has 0 aromatic heterocycles. The molecule has 0 saturated carbocycles. The van der Waals surface area contributed by atoms with Gasteiger partial charge >= 0.3 is 0 Å². The predicted molar refractivity (Wildman–Crippen MR) is 39.4 cm³/mol. The van der Waals surface area contributed by atoms with Crippen LogP contribution in [0.1, 0.15) is 0 Å². The van der Waals surface area contributed by atoms with Crippen molar-refractivity contribution in [3.05, 3.63) is 0 Å². The molecule has 1 saturated heterocycles. The molecule has 0 spiro atoms. The first-order chi connectivity index (χ1) is 4.93. The summed E-state index contributed by atoms with van der Waals surface area (Å²) in [6.45, 7) is 5.75. The highest BCUT2D eigenvalue weighted by molar-refractivity contribution is 4.66. The number of hydrogen-bond donors (Lipinski definition) is 0. The average molecular weight is 145 g/mol. The zero-order chi connectivity index (χ0) is 7.23. The van der Waals surface area contributed by atoms with Crippen molar-refractivity contribution in [1.29, 1.82) is 0 Å². The van der Waals surface area contributed by atoms with Crippen LogP contribution in [0.25, 0.3) is 0 Å². The summed E-state index contributed by atoms with van der Waals surface area (Å²) in [7, 11) is 1.74. The largest absolute Gasteiger partial charge is 0.379 e. The lowest BCUT2D eigenvalue weighted by atomic mass is 10.4. The van der Waals surface area contributed by atoms with Crippen molar-refractivity contribution in [3.63, 3.8) is 0 Å². The van der Waals surface area contributed by atoms with Gasteiger partial charge in [0.15, 0.2) is 0 Å². The van der Waals surface area contributed by atoms with Gasteiger partial charge < -0.3 is 9.47 Å². The van der Waals surface area contributed by atoms with Gasteiger partial charge in [-0.2, -0.15) is 4.90 Å². The lowest BCUT2D eigenvalue weighted by Crippen LogP contribution is -2.43. The van der Waals surface area contributed by atoms with E-state index < -0.39 is 0 Å². The van der Waals surface area contributed by atoms with E-state index in [0.717, 1.165) is 39.5 Å². The molecule has 0 aromatic rings. The Bertz CT molecular complexity index is 81.7. The predicted octanol–water partition coefficient (Wildman–Crippen LogP) is -0.197. The van der Waals surface area contributed by atoms with Crippen LogP contribution in [0.4, 0.5) is 0 Å². The second-order valence-electron chi connectivity index (χ2n) is 2.45. The minimum Gasteiger partial charge on any atom is -0.379 e. The van der Waals surface area contributed by atoms with Crippen LogP contribution in [0, 0.1) is 0 Å². The van der Waals surface area contributed by atoms with Gasteiger partial charge in [-0.15, -0.1) is 0 Å². The molecule has 1 aliphatic heterocycles. The number of rotatable bonds is 3. The van der Waals surface area contributed by atoms with Gasteiger partial charge in [-0.05, 0) is 0 Å². The first-order valence-electron chi connectivity index (χ1n) is 3.72. The van der Waals surface area contributed by atoms with Gasteiger partial charge in [-0.3, -0.25) is 0 Å². The quantitative estimate of drug-likeness (QED) is 0.514. The third-order valence-electron chi connectivity index (χ3n) is 1.72. The molecule has 59 valence electrons. The summed E-state index contributed by atoms with van der Waals surface area (Å²) in [6.07, 6.45) is 0. The first kappa shape index (κ1) is 7.98. The maximum atomic E-state index is 5.20. The first-order valence-corrected chi connectivity index (χ1v) is 3.72. The van der Waals surface area contributed by atoms with Crippen LogP contribution in [-0.2, 0) is 9.47 Å². The Morgan fingerprint density at radius 2 is 2.10 bits per heavy atom. The van der Waals surface area contributed by atoms with E-state index in [1.165, 1.54) is 0 Å². The molecule has 0 amide bonds. The van der Waals surface area contributed by atoms with E-state index in [9.17, 15) is 0 Å². The van der Waals surface area contributed by atoms with E-state index in [-0.39, 0.29) is 0 Å². The minimum absolute atomic E-state index is 0.833. The summed E-state index contributed by atoms with van der Waals surface area (Å²) < 4.78 is 10.2. The van der Waals surface area contributed by atoms with Crippen molar-refractivity contribution in [3.8, 4) is 0 Å². The summed E-state index contributed by atoms with van der Waals surface area (Å²) in [6, 6.07) is 0. The summed E-state index contributed by atoms with van der Waals surface area (Å²) in [4.78, 5) is 2.35. The van der Waals surface area contributed by atoms with Crippen LogP contribution >= 0.6 is 0 Å². The van der Waals surface area contributed by atoms with E-state index in [1.807, 2.05) is 0 Å². The standard InChI is InChI=1S/C7H15NO2/c1-9-5-2-8-3-6-10-7-4-8/h2-7H2,1H3/q+1. The highest BCUT2D eigenvalue weighted by atomic mass is 16.5. The van der Waals surface area contributed by atoms with Crippen molar-refractivity contribution in [1.82, 2.24) is 4.90 Å². The van der Waals surface area contributed by atoms with Crippen LogP contribution in [0.2, 0.25) is 0 Å². The Kier molecular flexibility index (Phi) is 3.72. The highest BCUT2D eigenvalue weighted by Gasteiger charge is 2.17. The molecular formula is C7H15NO2+. The SMILES string of the molecule is COCC[N+]1CCOCC1. The maximum Gasteiger partial charge on any atom is 0.146 e. The molecule has 0 aliphatic carbocycles. The monoisotopic (exact) mass is 145 g/mol. The Morgan fingerprint density at radius 3 is 2.70 bits per heavy atom. The van der Waals surface area contributed by atoms with Crippen LogP contribution in [0.5, 0.6) is 0 Å². The summed E-state index contributed by atoms with van der Waals surface area (Å²) in [5.74, 6) is 0. The van der Waals surface area contributed by atoms with E-state index in [0.29, 0.717) is 0 Å². The van der Waals surface area contributed by atoms with Gasteiger partial charge in [0.05, 0.1) is 6.61 Å². The lowest BCUT2D eigenvalue weighted by Gasteiger charge is -2.16. The lowest BCUT2D eigenvalue weighted by molar-refractivity contribution is 0.0653. The third kappa shape index (κ3) is 2.64. The number of morpholine rings is 1. The van der Waals surface area contributed by atoms with Crippen LogP contribution in [-0.4, -0.2) is 46.6 Å². The van der Waals surface area contributed by atoms with Crippen molar-refractivity contribution >= 4 is 0 Å². The van der Waals surface area contributed by atoms with E-state index in [1.54, 1.807) is 7.11 Å². The Balaban J connectivity index is 2.02. The van der Waals surface area contributed by atoms with Gasteiger partial charge in [0, 0.05) is 7.11 Å². The van der Waals surface area contributed by atoms with Crippen LogP contribution in [0.15, 0.2) is 0 Å². The molecule has 0 aromatic carbocycles. The summed E-state index contributed by atoms with van der Waals surface area (Å²) in [5, 5.41) is 0. The fourth-order valence-corrected chi connectivity index (χ4v) is 1.05. The number of nitrogens with zero attached hydrogens (tertiary/aromatic N) is 1. The van der Waals surface area contributed by atoms with E-state index >= 15 is 0 Å². The fraction of sp³-hybridized carbons (Fsp3) is 1.00. The van der Waals surface area contributed by atoms with Crippen molar-refractivity contribution in [2.75, 3.05) is 46.6 Å². The van der Waals surface area contributed by atoms with Gasteiger partial charge in [0.25, 0.3) is 0 Å². The van der Waals surface area contributed by atoms with E-state index in [2.05, 4.69) is 4.90 Å². The molecule has 1 fully saturated rings. The molecule has 0 unspecified atom stereocenters. The Hall–Kier alpha value is -0.120. The molecule has 3 nitrogen and oxygen atoms in total. The third-order valence-corrected chi connectivity index (χ3v) is 1.72. The highest BCUT2D eigenvalue weighted by Crippen LogP contribution is 1.91. The van der Waals surface area contributed by atoms with Gasteiger partial charge in [-0.1, -0.05) is 0 Å². The number of methoxy groups -OCH3 is 1. The molecule has 1 heterocycles. The molecule has 1 radical (unpaired) electrons. The van der Waals surface area contributed by atoms with E-state index in [4.69, 9.17) is 9.47 Å². The zero-order valence-corrected chi connectivity index (χ0v) is 6.51. The number of hydrogen-bond acceptors (Lipinski definition) is 3. The average Bonchev–Trinajstić information content (AvgIpc) is 2.03.